The molecule has 0 aliphatic carbocycles. The van der Waals surface area contributed by atoms with Crippen LogP contribution >= 0.6 is 0 Å². The Balaban J connectivity index is 1.14. The normalized spacial score (nSPS) is 19.5. The van der Waals surface area contributed by atoms with E-state index >= 15 is 0 Å². The zero-order valence-corrected chi connectivity index (χ0v) is 32.4. The third kappa shape index (κ3) is 5.01. The number of quaternary nitrogens is 2. The second-order valence-electron chi connectivity index (χ2n) is 18.0. The number of nitrogens with zero attached hydrogens (tertiary/aromatic N) is 4. The summed E-state index contributed by atoms with van der Waals surface area (Å²) in [7, 11) is 0. The maximum atomic E-state index is 6.78. The summed E-state index contributed by atoms with van der Waals surface area (Å²) in [5.41, 5.74) is 11.3. The Kier molecular flexibility index (Phi) is 7.06. The molecule has 0 saturated carbocycles. The molecule has 2 aromatic heterocycles. The fourth-order valence-corrected chi connectivity index (χ4v) is 8.31. The van der Waals surface area contributed by atoms with Gasteiger partial charge < -0.3 is 4.74 Å². The molecule has 7 aromatic rings. The molecule has 2 aliphatic rings. The van der Waals surface area contributed by atoms with E-state index in [1.165, 1.54) is 50.2 Å². The number of rotatable bonds is 5. The molecule has 0 spiro atoms. The van der Waals surface area contributed by atoms with Crippen molar-refractivity contribution >= 4 is 44.6 Å². The monoisotopic (exact) mass is 697 g/mol. The smallest absolute Gasteiger partial charge is 0.225 e. The molecule has 0 bridgehead atoms. The summed E-state index contributed by atoms with van der Waals surface area (Å²) in [6.07, 6.45) is 1.93. The average Bonchev–Trinajstić information content (AvgIpc) is 3.61. The molecule has 2 aliphatic heterocycles. The molecule has 1 unspecified atom stereocenters. The van der Waals surface area contributed by atoms with Crippen molar-refractivity contribution in [2.24, 2.45) is 0 Å². The molecule has 9 rings (SSSR count). The van der Waals surface area contributed by atoms with Gasteiger partial charge in [-0.05, 0) is 69.3 Å². The number of aromatic nitrogens is 2. The highest BCUT2D eigenvalue weighted by molar-refractivity contribution is 6.09. The lowest BCUT2D eigenvalue weighted by molar-refractivity contribution is 0.421. The van der Waals surface area contributed by atoms with Crippen LogP contribution in [0.25, 0.3) is 27.6 Å². The molecule has 5 nitrogen and oxygen atoms in total. The minimum atomic E-state index is 0.00763. The molecule has 5 heteroatoms. The Morgan fingerprint density at radius 2 is 1.13 bits per heavy atom. The van der Waals surface area contributed by atoms with Gasteiger partial charge in [-0.3, -0.25) is 4.57 Å². The van der Waals surface area contributed by atoms with Crippen LogP contribution < -0.4 is 13.9 Å². The lowest BCUT2D eigenvalue weighted by Crippen LogP contribution is -2.46. The van der Waals surface area contributed by atoms with E-state index in [-0.39, 0.29) is 16.2 Å². The number of hydrogen-bond acceptors (Lipinski definition) is 2. The van der Waals surface area contributed by atoms with E-state index in [0.29, 0.717) is 9.18 Å². The standard InChI is InChI=1S/C48H49N4O/c1-46(2,3)32-14-12-15-35(26-32)51-31-52(51,44-27-33(47(4,5)6)20-23-43(44)51)36-16-13-17-37(29-36)53-38-21-22-40-39-18-10-11-19-41(39)50(42(40)30-38)45-28-34(24-25-49-45)48(7,8)9/h10-31H,1-9H3/q+1/t51-,52?/m0/s1. The number of ether oxygens (including phenoxy) is 1. The van der Waals surface area contributed by atoms with Crippen LogP contribution in [0, 0.1) is 6.67 Å². The van der Waals surface area contributed by atoms with Gasteiger partial charge in [0.25, 0.3) is 0 Å². The summed E-state index contributed by atoms with van der Waals surface area (Å²) in [6, 6.07) is 44.3. The van der Waals surface area contributed by atoms with Crippen LogP contribution in [0.4, 0.5) is 22.7 Å². The van der Waals surface area contributed by atoms with E-state index < -0.39 is 0 Å². The van der Waals surface area contributed by atoms with E-state index in [1.54, 1.807) is 0 Å². The molecule has 0 N–H and O–H groups in total. The third-order valence-electron chi connectivity index (χ3n) is 11.4. The minimum Gasteiger partial charge on any atom is -0.457 e. The zero-order valence-electron chi connectivity index (χ0n) is 32.4. The number of pyridine rings is 1. The van der Waals surface area contributed by atoms with Gasteiger partial charge in [-0.25, -0.2) is 4.98 Å². The van der Waals surface area contributed by atoms with Gasteiger partial charge in [-0.2, -0.15) is 9.18 Å². The topological polar surface area (TPSA) is 27.1 Å². The van der Waals surface area contributed by atoms with Gasteiger partial charge in [-0.15, -0.1) is 0 Å². The van der Waals surface area contributed by atoms with Crippen molar-refractivity contribution in [3.8, 4) is 17.3 Å². The minimum absolute atomic E-state index is 0.00763. The Labute approximate surface area is 313 Å². The summed E-state index contributed by atoms with van der Waals surface area (Å²) in [5, 5.41) is 2.37. The molecule has 0 amide bonds. The largest absolute Gasteiger partial charge is 0.457 e. The Morgan fingerprint density at radius 1 is 0.509 bits per heavy atom. The van der Waals surface area contributed by atoms with Gasteiger partial charge in [0.1, 0.15) is 17.3 Å². The summed E-state index contributed by atoms with van der Waals surface area (Å²) in [4.78, 5) is 4.87. The third-order valence-corrected chi connectivity index (χ3v) is 11.4. The Morgan fingerprint density at radius 3 is 1.89 bits per heavy atom. The summed E-state index contributed by atoms with van der Waals surface area (Å²) < 4.78 is 10.3. The lowest BCUT2D eigenvalue weighted by Gasteiger charge is -2.41. The molecule has 5 aromatic carbocycles. The highest BCUT2D eigenvalue weighted by atomic mass is 16.5. The fraction of sp³-hybridized carbons (Fsp3) is 0.250. The van der Waals surface area contributed by atoms with Crippen LogP contribution in [0.3, 0.4) is 0 Å². The van der Waals surface area contributed by atoms with Gasteiger partial charge >= 0.3 is 0 Å². The van der Waals surface area contributed by atoms with Crippen molar-refractivity contribution in [2.75, 3.05) is 0 Å². The molecule has 266 valence electrons. The van der Waals surface area contributed by atoms with Crippen LogP contribution in [0.15, 0.2) is 128 Å². The van der Waals surface area contributed by atoms with Crippen LogP contribution in [-0.4, -0.2) is 9.55 Å². The quantitative estimate of drug-likeness (QED) is 0.102. The second-order valence-corrected chi connectivity index (χ2v) is 18.0. The van der Waals surface area contributed by atoms with E-state index in [2.05, 4.69) is 195 Å². The molecule has 1 fully saturated rings. The van der Waals surface area contributed by atoms with Gasteiger partial charge in [0, 0.05) is 59.4 Å². The fourth-order valence-electron chi connectivity index (χ4n) is 8.31. The summed E-state index contributed by atoms with van der Waals surface area (Å²) in [5.74, 6) is 2.51. The first-order valence-corrected chi connectivity index (χ1v) is 18.8. The molecule has 2 atom stereocenters. The highest BCUT2D eigenvalue weighted by Gasteiger charge is 2.78. The van der Waals surface area contributed by atoms with Crippen LogP contribution in [0.2, 0.25) is 0 Å². The molecule has 53 heavy (non-hydrogen) atoms. The first-order chi connectivity index (χ1) is 25.1. The summed E-state index contributed by atoms with van der Waals surface area (Å²) >= 11 is 0. The second kappa shape index (κ2) is 11.1. The van der Waals surface area contributed by atoms with Gasteiger partial charge in [0.05, 0.1) is 11.0 Å². The van der Waals surface area contributed by atoms with Crippen LogP contribution in [0.1, 0.15) is 79.0 Å². The summed E-state index contributed by atoms with van der Waals surface area (Å²) in [6.45, 7) is 22.9. The van der Waals surface area contributed by atoms with Crippen molar-refractivity contribution in [3.63, 3.8) is 0 Å². The Hall–Kier alpha value is -5.23. The number of para-hydroxylation sites is 1. The van der Waals surface area contributed by atoms with Crippen molar-refractivity contribution in [3.05, 3.63) is 151 Å². The van der Waals surface area contributed by atoms with Crippen LogP contribution in [-0.2, 0) is 16.2 Å². The lowest BCUT2D eigenvalue weighted by atomic mass is 9.85. The molecule has 0 radical (unpaired) electrons. The predicted octanol–water partition coefficient (Wildman–Crippen LogP) is 13.2. The van der Waals surface area contributed by atoms with Crippen molar-refractivity contribution in [1.29, 1.82) is 0 Å². The van der Waals surface area contributed by atoms with Crippen molar-refractivity contribution in [1.82, 2.24) is 18.7 Å². The molecular formula is C48H49N4O+. The maximum Gasteiger partial charge on any atom is 0.225 e. The van der Waals surface area contributed by atoms with Gasteiger partial charge in [0.2, 0.25) is 11.4 Å². The maximum absolute atomic E-state index is 6.78. The predicted molar refractivity (Wildman–Crippen MR) is 221 cm³/mol. The van der Waals surface area contributed by atoms with E-state index in [1.807, 2.05) is 6.20 Å². The molecule has 4 heterocycles. The van der Waals surface area contributed by atoms with Crippen molar-refractivity contribution < 1.29 is 4.74 Å². The first-order valence-electron chi connectivity index (χ1n) is 18.8. The highest BCUT2D eigenvalue weighted by Crippen LogP contribution is 2.75. The van der Waals surface area contributed by atoms with E-state index in [4.69, 9.17) is 9.72 Å². The van der Waals surface area contributed by atoms with E-state index in [9.17, 15) is 0 Å². The van der Waals surface area contributed by atoms with Gasteiger partial charge in [-0.1, -0.05) is 105 Å². The Bertz CT molecular complexity index is 2590. The van der Waals surface area contributed by atoms with E-state index in [0.717, 1.165) is 28.4 Å². The molecule has 1 saturated heterocycles. The first kappa shape index (κ1) is 33.6. The van der Waals surface area contributed by atoms with Crippen molar-refractivity contribution in [2.45, 2.75) is 78.6 Å². The van der Waals surface area contributed by atoms with Gasteiger partial charge in [0.15, 0.2) is 18.0 Å². The number of hydrogen-bond donors (Lipinski definition) is 0. The number of fused-ring (bicyclic) bond motifs is 7. The zero-order chi connectivity index (χ0) is 37.1. The average molecular weight is 698 g/mol. The SMILES string of the molecule is CC(C)(C)c1cccc([N@+]23[CH-][N+]2(c2cccc(Oc4ccc5c6ccccc6n(-c6cc(C(C)(C)C)ccn6)c5c4)c2)c2cc(C(C)(C)C)ccc23)c1. The molecular weight excluding hydrogens is 649 g/mol. The number of benzene rings is 5. The van der Waals surface area contributed by atoms with Crippen LogP contribution in [0.5, 0.6) is 11.5 Å².